The average Bonchev–Trinajstić information content (AvgIpc) is 4.05. The van der Waals surface area contributed by atoms with E-state index in [1.165, 1.54) is 17.0 Å². The van der Waals surface area contributed by atoms with Gasteiger partial charge in [-0.3, -0.25) is 28.5 Å². The third kappa shape index (κ3) is 18.9. The molecular weight excluding hydrogens is 1040 g/mol. The molecule has 1 aliphatic rings. The molecule has 80 heavy (non-hydrogen) atoms. The lowest BCUT2D eigenvalue weighted by Crippen LogP contribution is -2.60. The number of carbonyl (C=O) groups is 9. The van der Waals surface area contributed by atoms with E-state index in [2.05, 4.69) is 26.3 Å². The maximum atomic E-state index is 15.1. The van der Waals surface area contributed by atoms with Crippen molar-refractivity contribution in [2.45, 2.75) is 194 Å². The van der Waals surface area contributed by atoms with Crippen LogP contribution >= 0.6 is 0 Å². The molecule has 1 saturated heterocycles. The number of carbonyl (C=O) groups excluding carboxylic acids is 8. The van der Waals surface area contributed by atoms with Crippen molar-refractivity contribution in [2.24, 2.45) is 0 Å². The lowest BCUT2D eigenvalue weighted by molar-refractivity contribution is -0.143. The molecule has 3 heterocycles. The maximum absolute atomic E-state index is 15.1. The Morgan fingerprint density at radius 2 is 1.15 bits per heavy atom. The molecule has 0 spiro atoms. The average molecular weight is 1120 g/mol. The first-order chi connectivity index (χ1) is 36.8. The Morgan fingerprint density at radius 1 is 0.613 bits per heavy atom. The number of carboxylic acid groups (broad SMARTS) is 1. The molecule has 5 N–H and O–H groups in total. The number of para-hydroxylation sites is 1. The molecule has 0 unspecified atom stereocenters. The molecule has 23 nitrogen and oxygen atoms in total. The van der Waals surface area contributed by atoms with Crippen LogP contribution in [0.25, 0.3) is 10.9 Å². The van der Waals surface area contributed by atoms with Gasteiger partial charge >= 0.3 is 24.2 Å². The molecule has 5 atom stereocenters. The normalized spacial score (nSPS) is 15.7. The fourth-order valence-corrected chi connectivity index (χ4v) is 8.16. The summed E-state index contributed by atoms with van der Waals surface area (Å²) in [5.41, 5.74) is -2.85. The van der Waals surface area contributed by atoms with Gasteiger partial charge in [0.15, 0.2) is 0 Å². The molecular formula is C57H78N8O15. The van der Waals surface area contributed by atoms with Gasteiger partial charge in [0.25, 0.3) is 0 Å². The van der Waals surface area contributed by atoms with Crippen LogP contribution in [0.3, 0.4) is 0 Å². The molecule has 2 aromatic carbocycles. The number of benzene rings is 2. The second kappa shape index (κ2) is 25.1. The molecule has 4 aromatic rings. The van der Waals surface area contributed by atoms with Crippen molar-refractivity contribution in [1.82, 2.24) is 40.3 Å². The maximum Gasteiger partial charge on any atom is 0.419 e. The van der Waals surface area contributed by atoms with Crippen molar-refractivity contribution < 1.29 is 71.9 Å². The van der Waals surface area contributed by atoms with Crippen molar-refractivity contribution in [3.8, 4) is 5.75 Å². The molecule has 6 amide bonds. The van der Waals surface area contributed by atoms with Crippen LogP contribution in [0.2, 0.25) is 0 Å². The molecule has 1 aliphatic heterocycles. The lowest BCUT2D eigenvalue weighted by atomic mass is 10.0. The highest BCUT2D eigenvalue weighted by Gasteiger charge is 2.44. The third-order valence-corrected chi connectivity index (χ3v) is 11.6. The molecule has 0 aliphatic carbocycles. The first-order valence-electron chi connectivity index (χ1n) is 26.3. The summed E-state index contributed by atoms with van der Waals surface area (Å²) in [5, 5.41) is 21.4. The van der Waals surface area contributed by atoms with Crippen molar-refractivity contribution in [2.75, 3.05) is 6.61 Å². The number of nitrogens with one attached hydrogen (secondary N) is 4. The van der Waals surface area contributed by atoms with Crippen LogP contribution in [-0.2, 0) is 67.0 Å². The van der Waals surface area contributed by atoms with Crippen LogP contribution in [0.4, 0.5) is 14.4 Å². The summed E-state index contributed by atoms with van der Waals surface area (Å²) >= 11 is 0. The van der Waals surface area contributed by atoms with Gasteiger partial charge in [0.1, 0.15) is 64.7 Å². The SMILES string of the molecule is CC(C)(C)OC[C@H](NC(=O)[C@H](Cc1cn(C(=O)OC(C)(C)C)c2ccccc12)NC(=O)[C@H](Cc1cn(C(=O)OC(C)(C)C)cn1)NC(=O)[C@@H]1CCC(=O)N1C(=O)OC(C)(C)C)C(=O)N[C@@H](Cc1ccc(OC(C)(C)C)cc1)C(=O)O. The number of aromatic nitrogens is 3. The Kier molecular flexibility index (Phi) is 19.8. The van der Waals surface area contributed by atoms with Crippen molar-refractivity contribution in [3.63, 3.8) is 0 Å². The number of hydrogen-bond acceptors (Lipinski definition) is 15. The fourth-order valence-electron chi connectivity index (χ4n) is 8.16. The summed E-state index contributed by atoms with van der Waals surface area (Å²) in [6, 6.07) is 5.64. The van der Waals surface area contributed by atoms with Crippen LogP contribution in [0, 0.1) is 0 Å². The zero-order valence-electron chi connectivity index (χ0n) is 48.4. The molecule has 5 rings (SSSR count). The minimum atomic E-state index is -1.65. The second-order valence-corrected chi connectivity index (χ2v) is 24.6. The van der Waals surface area contributed by atoms with E-state index in [1.807, 2.05) is 20.8 Å². The zero-order valence-corrected chi connectivity index (χ0v) is 48.4. The van der Waals surface area contributed by atoms with Gasteiger partial charge in [-0.15, -0.1) is 0 Å². The molecule has 0 bridgehead atoms. The van der Waals surface area contributed by atoms with Gasteiger partial charge in [0.2, 0.25) is 29.5 Å². The number of amides is 6. The van der Waals surface area contributed by atoms with E-state index in [-0.39, 0.29) is 31.4 Å². The zero-order chi connectivity index (χ0) is 59.9. The number of aliphatic carboxylic acids is 1. The number of imide groups is 1. The van der Waals surface area contributed by atoms with E-state index in [9.17, 15) is 38.7 Å². The largest absolute Gasteiger partial charge is 0.488 e. The Hall–Kier alpha value is -7.82. The number of rotatable bonds is 18. The number of likely N-dealkylation sites (tertiary alicyclic amines) is 1. The summed E-state index contributed by atoms with van der Waals surface area (Å²) in [5.74, 6) is -5.39. The molecule has 23 heteroatoms. The van der Waals surface area contributed by atoms with Crippen LogP contribution in [0.15, 0.2) is 67.3 Å². The van der Waals surface area contributed by atoms with Crippen molar-refractivity contribution >= 4 is 64.7 Å². The van der Waals surface area contributed by atoms with Crippen LogP contribution in [0.1, 0.15) is 134 Å². The van der Waals surface area contributed by atoms with Gasteiger partial charge in [-0.05, 0) is 140 Å². The highest BCUT2D eigenvalue weighted by molar-refractivity contribution is 6.02. The van der Waals surface area contributed by atoms with Crippen LogP contribution < -0.4 is 26.0 Å². The smallest absolute Gasteiger partial charge is 0.419 e. The summed E-state index contributed by atoms with van der Waals surface area (Å²) in [6.45, 7) is 25.1. The number of fused-ring (bicyclic) bond motifs is 1. The highest BCUT2D eigenvalue weighted by Crippen LogP contribution is 2.26. The molecule has 2 aromatic heterocycles. The Morgan fingerprint density at radius 3 is 1.73 bits per heavy atom. The van der Waals surface area contributed by atoms with Gasteiger partial charge in [0, 0.05) is 43.5 Å². The quantitative estimate of drug-likeness (QED) is 0.0676. The standard InChI is InChI=1S/C57H78N8O15/c1-53(2,3)76-31-41(47(69)61-40(49(71)72)26-33-20-22-36(23-21-33)77-54(4,5)6)62-45(67)38(27-34-29-64(51(74)79-56(10,11)12)42-19-17-16-18-37(34)42)59-46(68)39(28-35-30-63(32-58-35)50(73)78-55(7,8)9)60-48(70)43-24-25-44(66)65(43)52(75)80-57(13,14)15/h16-23,29-30,32,38-41,43H,24-28,31H2,1-15H3,(H,59,68)(H,60,70)(H,61,69)(H,62,67)(H,71,72)/t38-,39-,40-,41-,43-/m0/s1. The third-order valence-electron chi connectivity index (χ3n) is 11.6. The monoisotopic (exact) mass is 1110 g/mol. The van der Waals surface area contributed by atoms with Crippen molar-refractivity contribution in [1.29, 1.82) is 0 Å². The molecule has 0 radical (unpaired) electrons. The molecule has 1 fully saturated rings. The van der Waals surface area contributed by atoms with Crippen LogP contribution in [-0.4, -0.2) is 143 Å². The summed E-state index contributed by atoms with van der Waals surface area (Å²) < 4.78 is 30.8. The fraction of sp³-hybridized carbons (Fsp3) is 0.544. The van der Waals surface area contributed by atoms with E-state index in [0.29, 0.717) is 32.7 Å². The van der Waals surface area contributed by atoms with E-state index in [1.54, 1.807) is 132 Å². The van der Waals surface area contributed by atoms with Gasteiger partial charge in [-0.25, -0.2) is 33.6 Å². The lowest BCUT2D eigenvalue weighted by Gasteiger charge is -2.29. The Balaban J connectivity index is 1.56. The topological polar surface area (TPSA) is 294 Å². The summed E-state index contributed by atoms with van der Waals surface area (Å²) in [6.07, 6.45) is -0.0391. The number of imidazole rings is 1. The minimum absolute atomic E-state index is 0.0856. The predicted molar refractivity (Wildman–Crippen MR) is 293 cm³/mol. The first-order valence-corrected chi connectivity index (χ1v) is 26.3. The van der Waals surface area contributed by atoms with E-state index < -0.39 is 125 Å². The number of ether oxygens (including phenoxy) is 5. The van der Waals surface area contributed by atoms with Crippen molar-refractivity contribution in [3.05, 3.63) is 84.1 Å². The van der Waals surface area contributed by atoms with Gasteiger partial charge in [0.05, 0.1) is 23.4 Å². The second-order valence-electron chi connectivity index (χ2n) is 24.6. The summed E-state index contributed by atoms with van der Waals surface area (Å²) in [4.78, 5) is 130. The van der Waals surface area contributed by atoms with Gasteiger partial charge in [-0.2, -0.15) is 0 Å². The van der Waals surface area contributed by atoms with E-state index in [4.69, 9.17) is 23.7 Å². The molecule has 0 saturated carbocycles. The number of carboxylic acids is 1. The van der Waals surface area contributed by atoms with Gasteiger partial charge < -0.3 is 50.1 Å². The molecule has 436 valence electrons. The summed E-state index contributed by atoms with van der Waals surface area (Å²) in [7, 11) is 0. The number of hydrogen-bond donors (Lipinski definition) is 5. The van der Waals surface area contributed by atoms with Crippen LogP contribution in [0.5, 0.6) is 5.75 Å². The number of nitrogens with zero attached hydrogens (tertiary/aromatic N) is 4. The Labute approximate surface area is 466 Å². The minimum Gasteiger partial charge on any atom is -0.488 e. The van der Waals surface area contributed by atoms with Gasteiger partial charge in [-0.1, -0.05) is 30.3 Å². The van der Waals surface area contributed by atoms with E-state index in [0.717, 1.165) is 10.9 Å². The highest BCUT2D eigenvalue weighted by atomic mass is 16.6. The predicted octanol–water partition coefficient (Wildman–Crippen LogP) is 6.37. The Bertz CT molecular complexity index is 2930. The first kappa shape index (κ1) is 63.0. The van der Waals surface area contributed by atoms with E-state index >= 15 is 9.59 Å².